The fraction of sp³-hybridized carbons (Fsp3) is 0.250. The van der Waals surface area contributed by atoms with Crippen molar-refractivity contribution in [1.82, 2.24) is 0 Å². The van der Waals surface area contributed by atoms with E-state index in [0.717, 1.165) is 28.9 Å². The molecule has 4 nitrogen and oxygen atoms in total. The number of methoxy groups -OCH3 is 1. The molecule has 0 aliphatic carbocycles. The first kappa shape index (κ1) is 17.6. The van der Waals surface area contributed by atoms with Crippen molar-refractivity contribution in [2.45, 2.75) is 26.9 Å². The topological polar surface area (TPSA) is 47.6 Å². The minimum Gasteiger partial charge on any atom is -0.489 e. The summed E-state index contributed by atoms with van der Waals surface area (Å²) in [6, 6.07) is 11.8. The van der Waals surface area contributed by atoms with E-state index in [1.54, 1.807) is 6.08 Å². The molecule has 4 heteroatoms. The average molecular weight is 325 g/mol. The van der Waals surface area contributed by atoms with Gasteiger partial charge in [-0.2, -0.15) is 0 Å². The summed E-state index contributed by atoms with van der Waals surface area (Å²) < 4.78 is 10.6. The Bertz CT molecular complexity index is 738. The predicted octanol–water partition coefficient (Wildman–Crippen LogP) is 4.96. The van der Waals surface area contributed by atoms with Crippen molar-refractivity contribution >= 4 is 17.9 Å². The summed E-state index contributed by atoms with van der Waals surface area (Å²) in [4.78, 5) is 11.5. The van der Waals surface area contributed by atoms with Gasteiger partial charge in [0.2, 0.25) is 0 Å². The molecule has 24 heavy (non-hydrogen) atoms. The van der Waals surface area contributed by atoms with Gasteiger partial charge in [-0.1, -0.05) is 37.8 Å². The smallest absolute Gasteiger partial charge is 0.411 e. The van der Waals surface area contributed by atoms with Gasteiger partial charge in [0.25, 0.3) is 0 Å². The monoisotopic (exact) mass is 325 g/mol. The van der Waals surface area contributed by atoms with Gasteiger partial charge in [-0.3, -0.25) is 5.32 Å². The van der Waals surface area contributed by atoms with Crippen molar-refractivity contribution in [1.29, 1.82) is 0 Å². The maximum absolute atomic E-state index is 11.5. The maximum atomic E-state index is 11.5. The number of ether oxygens (including phenoxy) is 2. The molecule has 0 spiro atoms. The Morgan fingerprint density at radius 2 is 2.04 bits per heavy atom. The second-order valence-corrected chi connectivity index (χ2v) is 5.48. The third kappa shape index (κ3) is 4.38. The third-order valence-electron chi connectivity index (χ3n) is 3.82. The molecule has 0 heterocycles. The van der Waals surface area contributed by atoms with Gasteiger partial charge >= 0.3 is 6.09 Å². The molecule has 0 unspecified atom stereocenters. The number of carbonyl (C=O) groups is 1. The zero-order valence-electron chi connectivity index (χ0n) is 14.4. The van der Waals surface area contributed by atoms with Crippen molar-refractivity contribution in [2.75, 3.05) is 12.4 Å². The third-order valence-corrected chi connectivity index (χ3v) is 3.82. The van der Waals surface area contributed by atoms with Crippen LogP contribution >= 0.6 is 0 Å². The molecule has 1 N–H and O–H groups in total. The van der Waals surface area contributed by atoms with Gasteiger partial charge in [0.1, 0.15) is 12.4 Å². The van der Waals surface area contributed by atoms with E-state index in [4.69, 9.17) is 4.74 Å². The van der Waals surface area contributed by atoms with Crippen LogP contribution in [0.15, 0.2) is 43.0 Å². The molecule has 0 aliphatic heterocycles. The first-order valence-corrected chi connectivity index (χ1v) is 7.90. The molecule has 1 amide bonds. The quantitative estimate of drug-likeness (QED) is 0.816. The van der Waals surface area contributed by atoms with Crippen molar-refractivity contribution in [3.8, 4) is 5.75 Å². The minimum atomic E-state index is -0.508. The molecule has 0 fully saturated rings. The van der Waals surface area contributed by atoms with Crippen LogP contribution in [0.1, 0.15) is 29.2 Å². The first-order chi connectivity index (χ1) is 11.6. The van der Waals surface area contributed by atoms with Gasteiger partial charge in [-0.15, -0.1) is 0 Å². The molecule has 0 saturated carbocycles. The first-order valence-electron chi connectivity index (χ1n) is 7.90. The second kappa shape index (κ2) is 8.20. The maximum Gasteiger partial charge on any atom is 0.411 e. The van der Waals surface area contributed by atoms with Crippen LogP contribution in [0.2, 0.25) is 0 Å². The molecular weight excluding hydrogens is 302 g/mol. The van der Waals surface area contributed by atoms with Crippen LogP contribution in [0.4, 0.5) is 10.5 Å². The predicted molar refractivity (Wildman–Crippen MR) is 97.4 cm³/mol. The number of carbonyl (C=O) groups excluding carboxylic acids is 1. The number of nitrogens with one attached hydrogen (secondary N) is 1. The summed E-state index contributed by atoms with van der Waals surface area (Å²) in [5, 5.41) is 2.71. The summed E-state index contributed by atoms with van der Waals surface area (Å²) in [6.45, 7) is 8.27. The Morgan fingerprint density at radius 1 is 1.25 bits per heavy atom. The van der Waals surface area contributed by atoms with E-state index >= 15 is 0 Å². The largest absolute Gasteiger partial charge is 0.489 e. The highest BCUT2D eigenvalue weighted by atomic mass is 16.5. The molecule has 0 radical (unpaired) electrons. The molecule has 0 bridgehead atoms. The summed E-state index contributed by atoms with van der Waals surface area (Å²) in [5.41, 5.74) is 4.85. The van der Waals surface area contributed by atoms with E-state index < -0.39 is 6.09 Å². The van der Waals surface area contributed by atoms with Crippen molar-refractivity contribution < 1.29 is 14.3 Å². The number of rotatable bonds is 6. The Hall–Kier alpha value is -2.75. The van der Waals surface area contributed by atoms with E-state index in [-0.39, 0.29) is 0 Å². The van der Waals surface area contributed by atoms with Crippen molar-refractivity contribution in [3.63, 3.8) is 0 Å². The van der Waals surface area contributed by atoms with Crippen LogP contribution in [0, 0.1) is 6.92 Å². The number of hydrogen-bond acceptors (Lipinski definition) is 3. The van der Waals surface area contributed by atoms with Crippen LogP contribution in [0.5, 0.6) is 5.75 Å². The van der Waals surface area contributed by atoms with E-state index in [1.807, 2.05) is 31.2 Å². The lowest BCUT2D eigenvalue weighted by Crippen LogP contribution is -2.13. The minimum absolute atomic E-state index is 0.341. The molecule has 0 aromatic heterocycles. The standard InChI is InChI=1S/C20H23NO3/c1-5-15-8-10-19(14(3)11-15)24-13-17-12-16(6-2)7-9-18(17)21-20(22)23-4/h6-12H,2,5,13H2,1,3-4H3,(H,21,22). The van der Waals surface area contributed by atoms with Gasteiger partial charge in [0.05, 0.1) is 12.8 Å². The number of benzene rings is 2. The second-order valence-electron chi connectivity index (χ2n) is 5.48. The van der Waals surface area contributed by atoms with Crippen LogP contribution < -0.4 is 10.1 Å². The lowest BCUT2D eigenvalue weighted by Gasteiger charge is -2.14. The highest BCUT2D eigenvalue weighted by molar-refractivity contribution is 5.85. The van der Waals surface area contributed by atoms with Gasteiger partial charge < -0.3 is 9.47 Å². The van der Waals surface area contributed by atoms with Crippen LogP contribution in [-0.2, 0) is 17.8 Å². The Kier molecular flexibility index (Phi) is 6.01. The molecule has 2 aromatic carbocycles. The highest BCUT2D eigenvalue weighted by Gasteiger charge is 2.09. The van der Waals surface area contributed by atoms with Gasteiger partial charge in [0, 0.05) is 5.56 Å². The average Bonchev–Trinajstić information content (AvgIpc) is 2.61. The fourth-order valence-electron chi connectivity index (χ4n) is 2.39. The number of hydrogen-bond donors (Lipinski definition) is 1. The van der Waals surface area contributed by atoms with Crippen LogP contribution in [0.3, 0.4) is 0 Å². The summed E-state index contributed by atoms with van der Waals surface area (Å²) in [7, 11) is 1.34. The normalized spacial score (nSPS) is 10.1. The molecule has 0 aliphatic rings. The van der Waals surface area contributed by atoms with E-state index in [1.165, 1.54) is 12.7 Å². The number of aryl methyl sites for hydroxylation is 2. The molecule has 126 valence electrons. The van der Waals surface area contributed by atoms with Gasteiger partial charge in [0.15, 0.2) is 0 Å². The van der Waals surface area contributed by atoms with Crippen LogP contribution in [-0.4, -0.2) is 13.2 Å². The van der Waals surface area contributed by atoms with Crippen LogP contribution in [0.25, 0.3) is 6.08 Å². The Labute approximate surface area is 143 Å². The molecular formula is C20H23NO3. The summed E-state index contributed by atoms with van der Waals surface area (Å²) in [5.74, 6) is 0.834. The van der Waals surface area contributed by atoms with Gasteiger partial charge in [-0.25, -0.2) is 4.79 Å². The number of amides is 1. The molecule has 0 atom stereocenters. The van der Waals surface area contributed by atoms with Gasteiger partial charge in [-0.05, 0) is 48.2 Å². The fourth-order valence-corrected chi connectivity index (χ4v) is 2.39. The lowest BCUT2D eigenvalue weighted by atomic mass is 10.1. The van der Waals surface area contributed by atoms with E-state index in [9.17, 15) is 4.79 Å². The summed E-state index contributed by atoms with van der Waals surface area (Å²) in [6.07, 6.45) is 2.24. The zero-order chi connectivity index (χ0) is 17.5. The SMILES string of the molecule is C=Cc1ccc(NC(=O)OC)c(COc2ccc(CC)cc2C)c1. The highest BCUT2D eigenvalue weighted by Crippen LogP contribution is 2.24. The van der Waals surface area contributed by atoms with Crippen molar-refractivity contribution in [3.05, 3.63) is 65.2 Å². The van der Waals surface area contributed by atoms with Crippen molar-refractivity contribution in [2.24, 2.45) is 0 Å². The molecule has 2 aromatic rings. The summed E-state index contributed by atoms with van der Waals surface area (Å²) >= 11 is 0. The lowest BCUT2D eigenvalue weighted by molar-refractivity contribution is 0.187. The Balaban J connectivity index is 2.21. The molecule has 2 rings (SSSR count). The zero-order valence-corrected chi connectivity index (χ0v) is 14.4. The van der Waals surface area contributed by atoms with E-state index in [2.05, 4.69) is 35.7 Å². The molecule has 0 saturated heterocycles. The van der Waals surface area contributed by atoms with E-state index in [0.29, 0.717) is 12.3 Å². The Morgan fingerprint density at radius 3 is 2.67 bits per heavy atom. The number of anilines is 1.